The van der Waals surface area contributed by atoms with Gasteiger partial charge in [-0.2, -0.15) is 13.2 Å². The van der Waals surface area contributed by atoms with Crippen LogP contribution in [0.1, 0.15) is 35.2 Å². The first-order valence-corrected chi connectivity index (χ1v) is 10.2. The molecular weight excluding hydrogens is 417 g/mol. The summed E-state index contributed by atoms with van der Waals surface area (Å²) in [4.78, 5) is 16.3. The minimum absolute atomic E-state index is 0.139. The van der Waals surface area contributed by atoms with Gasteiger partial charge in [-0.3, -0.25) is 4.79 Å². The fraction of sp³-hybridized carbons (Fsp3) is 0.455. The molecule has 0 saturated carbocycles. The van der Waals surface area contributed by atoms with E-state index in [0.717, 1.165) is 54.8 Å². The molecule has 1 saturated heterocycles. The van der Waals surface area contributed by atoms with Crippen LogP contribution in [0.3, 0.4) is 0 Å². The Morgan fingerprint density at radius 2 is 1.93 bits per heavy atom. The minimum Gasteiger partial charge on any atom is -0.381 e. The average molecular weight is 442 g/mol. The van der Waals surface area contributed by atoms with Crippen LogP contribution in [0.2, 0.25) is 5.02 Å². The highest BCUT2D eigenvalue weighted by Gasteiger charge is 2.34. The Bertz CT molecular complexity index is 898. The molecule has 1 aliphatic heterocycles. The van der Waals surface area contributed by atoms with Gasteiger partial charge in [-0.1, -0.05) is 23.8 Å². The van der Waals surface area contributed by atoms with Crippen LogP contribution in [0.15, 0.2) is 47.0 Å². The third-order valence-corrected chi connectivity index (χ3v) is 5.93. The van der Waals surface area contributed by atoms with Crippen molar-refractivity contribution in [2.75, 3.05) is 33.9 Å². The lowest BCUT2D eigenvalue weighted by Gasteiger charge is -2.40. The van der Waals surface area contributed by atoms with Crippen LogP contribution in [0.4, 0.5) is 13.2 Å². The summed E-state index contributed by atoms with van der Waals surface area (Å²) in [5.74, 6) is -0.716. The van der Waals surface area contributed by atoms with Crippen molar-refractivity contribution in [2.24, 2.45) is 4.99 Å². The smallest absolute Gasteiger partial charge is 0.381 e. The third-order valence-electron chi connectivity index (χ3n) is 5.60. The summed E-state index contributed by atoms with van der Waals surface area (Å²) >= 11 is 5.61. The molecule has 162 valence electrons. The molecule has 30 heavy (non-hydrogen) atoms. The number of carbonyl (C=O) groups excluding carboxylic acids is 1. The Labute approximate surface area is 179 Å². The van der Waals surface area contributed by atoms with Gasteiger partial charge in [0.1, 0.15) is 6.54 Å². The summed E-state index contributed by atoms with van der Waals surface area (Å²) < 4.78 is 45.3. The largest absolute Gasteiger partial charge is 0.417 e. The van der Waals surface area contributed by atoms with E-state index in [0.29, 0.717) is 18.2 Å². The van der Waals surface area contributed by atoms with Gasteiger partial charge < -0.3 is 9.22 Å². The number of aliphatic imine (C=N–C) groups is 1. The number of ether oxygens (including phenoxy) is 1. The van der Waals surface area contributed by atoms with Gasteiger partial charge in [0.2, 0.25) is 0 Å². The Morgan fingerprint density at radius 1 is 1.23 bits per heavy atom. The number of alkyl halides is 3. The molecule has 0 unspecified atom stereocenters. The summed E-state index contributed by atoms with van der Waals surface area (Å²) in [5.41, 5.74) is 0.497. The van der Waals surface area contributed by atoms with Crippen LogP contribution in [-0.4, -0.2) is 56.0 Å². The van der Waals surface area contributed by atoms with E-state index in [1.165, 1.54) is 6.07 Å². The minimum atomic E-state index is -4.63. The number of likely N-dealkylation sites (N-methyl/N-ethyl adjacent to an activating group) is 1. The number of hydrogen-bond donors (Lipinski definition) is 0. The molecule has 2 aliphatic rings. The lowest BCUT2D eigenvalue weighted by Crippen LogP contribution is -2.52. The normalized spacial score (nSPS) is 19.8. The quantitative estimate of drug-likeness (QED) is 0.611. The molecule has 0 atom stereocenters. The molecular formula is C22H25ClF3N2O2+. The molecule has 1 aromatic carbocycles. The SMILES string of the molecule is C[N+](C)(CC1=CCC(=NC(=O)c2ccc(Cl)c(C(F)(F)F)c2)C=C1)C1CCOCC1. The molecule has 1 heterocycles. The fourth-order valence-electron chi connectivity index (χ4n) is 3.83. The number of carbonyl (C=O) groups is 1. The first-order valence-electron chi connectivity index (χ1n) is 9.82. The number of hydrogen-bond acceptors (Lipinski definition) is 2. The van der Waals surface area contributed by atoms with Crippen molar-refractivity contribution < 1.29 is 27.2 Å². The monoisotopic (exact) mass is 441 g/mol. The van der Waals surface area contributed by atoms with Gasteiger partial charge in [0, 0.05) is 36.1 Å². The van der Waals surface area contributed by atoms with Crippen LogP contribution in [0, 0.1) is 0 Å². The summed E-state index contributed by atoms with van der Waals surface area (Å²) in [6.45, 7) is 2.44. The number of halogens is 4. The predicted octanol–water partition coefficient (Wildman–Crippen LogP) is 5.08. The number of amides is 1. The second-order valence-electron chi connectivity index (χ2n) is 8.20. The highest BCUT2D eigenvalue weighted by Crippen LogP contribution is 2.35. The molecule has 3 rings (SSSR count). The lowest BCUT2D eigenvalue weighted by atomic mass is 10.0. The van der Waals surface area contributed by atoms with Gasteiger partial charge in [-0.25, -0.2) is 4.99 Å². The molecule has 8 heteroatoms. The molecule has 1 aliphatic carbocycles. The maximum absolute atomic E-state index is 13.0. The van der Waals surface area contributed by atoms with Crippen LogP contribution in [-0.2, 0) is 10.9 Å². The van der Waals surface area contributed by atoms with Crippen molar-refractivity contribution >= 4 is 23.2 Å². The molecule has 0 radical (unpaired) electrons. The maximum Gasteiger partial charge on any atom is 0.417 e. The van der Waals surface area contributed by atoms with Crippen LogP contribution >= 0.6 is 11.6 Å². The number of quaternary nitrogens is 1. The van der Waals surface area contributed by atoms with Gasteiger partial charge in [0.25, 0.3) is 5.91 Å². The van der Waals surface area contributed by atoms with Crippen molar-refractivity contribution in [3.05, 3.63) is 58.1 Å². The summed E-state index contributed by atoms with van der Waals surface area (Å²) in [5, 5.41) is -0.442. The molecule has 4 nitrogen and oxygen atoms in total. The lowest BCUT2D eigenvalue weighted by molar-refractivity contribution is -0.912. The fourth-order valence-corrected chi connectivity index (χ4v) is 4.05. The number of rotatable bonds is 4. The van der Waals surface area contributed by atoms with E-state index in [4.69, 9.17) is 16.3 Å². The molecule has 0 bridgehead atoms. The van der Waals surface area contributed by atoms with E-state index in [-0.39, 0.29) is 5.56 Å². The van der Waals surface area contributed by atoms with Crippen molar-refractivity contribution in [3.8, 4) is 0 Å². The second kappa shape index (κ2) is 9.04. The number of benzene rings is 1. The second-order valence-corrected chi connectivity index (χ2v) is 8.60. The highest BCUT2D eigenvalue weighted by molar-refractivity contribution is 6.31. The molecule has 1 aromatic rings. The highest BCUT2D eigenvalue weighted by atomic mass is 35.5. The summed E-state index contributed by atoms with van der Waals surface area (Å²) in [6.07, 6.45) is 3.62. The zero-order valence-electron chi connectivity index (χ0n) is 17.0. The molecule has 1 fully saturated rings. The maximum atomic E-state index is 13.0. The van der Waals surface area contributed by atoms with Crippen molar-refractivity contribution in [1.29, 1.82) is 0 Å². The van der Waals surface area contributed by atoms with E-state index < -0.39 is 22.7 Å². The van der Waals surface area contributed by atoms with Crippen LogP contribution in [0.25, 0.3) is 0 Å². The van der Waals surface area contributed by atoms with E-state index in [1.54, 1.807) is 6.08 Å². The van der Waals surface area contributed by atoms with Crippen molar-refractivity contribution in [1.82, 2.24) is 0 Å². The standard InChI is InChI=1S/C22H25ClF3N2O2/c1-28(2,18-9-11-30-12-10-18)14-15-3-6-17(7-4-15)27-21(29)16-5-8-20(23)19(13-16)22(24,25)26/h3-6,8,13,18H,7,9-12,14H2,1-2H3/q+1. The molecule has 0 N–H and O–H groups in total. The molecule has 1 amide bonds. The van der Waals surface area contributed by atoms with Crippen LogP contribution < -0.4 is 0 Å². The Kier molecular flexibility index (Phi) is 6.84. The summed E-state index contributed by atoms with van der Waals surface area (Å²) in [6, 6.07) is 3.61. The van der Waals surface area contributed by atoms with E-state index in [1.807, 2.05) is 12.2 Å². The first-order chi connectivity index (χ1) is 14.1. The van der Waals surface area contributed by atoms with Gasteiger partial charge in [-0.05, 0) is 24.3 Å². The molecule has 0 aromatic heterocycles. The zero-order chi connectivity index (χ0) is 21.9. The van der Waals surface area contributed by atoms with Crippen LogP contribution in [0.5, 0.6) is 0 Å². The van der Waals surface area contributed by atoms with E-state index >= 15 is 0 Å². The van der Waals surface area contributed by atoms with Gasteiger partial charge >= 0.3 is 6.18 Å². The molecule has 0 spiro atoms. The van der Waals surface area contributed by atoms with E-state index in [9.17, 15) is 18.0 Å². The Morgan fingerprint density at radius 3 is 2.53 bits per heavy atom. The predicted molar refractivity (Wildman–Crippen MR) is 111 cm³/mol. The first kappa shape index (κ1) is 22.7. The van der Waals surface area contributed by atoms with Gasteiger partial charge in [-0.15, -0.1) is 0 Å². The van der Waals surface area contributed by atoms with Gasteiger partial charge in [0.05, 0.1) is 43.9 Å². The van der Waals surface area contributed by atoms with Gasteiger partial charge in [0.15, 0.2) is 0 Å². The number of nitrogens with zero attached hydrogens (tertiary/aromatic N) is 2. The van der Waals surface area contributed by atoms with Crippen molar-refractivity contribution in [3.63, 3.8) is 0 Å². The van der Waals surface area contributed by atoms with E-state index in [2.05, 4.69) is 19.1 Å². The Hall–Kier alpha value is -1.96. The average Bonchev–Trinajstić information content (AvgIpc) is 2.69. The zero-order valence-corrected chi connectivity index (χ0v) is 17.8. The van der Waals surface area contributed by atoms with Crippen molar-refractivity contribution in [2.45, 2.75) is 31.5 Å². The number of allylic oxidation sites excluding steroid dienone is 2. The topological polar surface area (TPSA) is 38.7 Å². The third kappa shape index (κ3) is 5.59. The Balaban J connectivity index is 1.66. The summed E-state index contributed by atoms with van der Waals surface area (Å²) in [7, 11) is 4.41.